The minimum Gasteiger partial charge on any atom is -0.347 e. The van der Waals surface area contributed by atoms with Gasteiger partial charge in [0.2, 0.25) is 11.9 Å². The summed E-state index contributed by atoms with van der Waals surface area (Å²) < 4.78 is 0. The Morgan fingerprint density at radius 1 is 1.14 bits per heavy atom. The molecule has 1 saturated heterocycles. The van der Waals surface area contributed by atoms with E-state index in [-0.39, 0.29) is 12.0 Å². The smallest absolute Gasteiger partial charge is 0.226 e. The van der Waals surface area contributed by atoms with E-state index in [0.717, 1.165) is 49.0 Å². The van der Waals surface area contributed by atoms with Gasteiger partial charge in [-0.25, -0.2) is 9.97 Å². The maximum Gasteiger partial charge on any atom is 0.226 e. The highest BCUT2D eigenvalue weighted by molar-refractivity contribution is 6.30. The number of anilines is 1. The Kier molecular flexibility index (Phi) is 6.04. The van der Waals surface area contributed by atoms with Crippen LogP contribution in [0.2, 0.25) is 5.02 Å². The van der Waals surface area contributed by atoms with Crippen LogP contribution in [0.3, 0.4) is 0 Å². The van der Waals surface area contributed by atoms with E-state index in [4.69, 9.17) is 16.6 Å². The third-order valence-electron chi connectivity index (χ3n) is 6.15. The molecule has 1 amide bonds. The van der Waals surface area contributed by atoms with Crippen LogP contribution in [-0.2, 0) is 4.79 Å². The molecule has 154 valence electrons. The molecule has 0 radical (unpaired) electrons. The van der Waals surface area contributed by atoms with Crippen molar-refractivity contribution in [2.45, 2.75) is 51.0 Å². The molecule has 1 aliphatic carbocycles. The van der Waals surface area contributed by atoms with Crippen molar-refractivity contribution in [3.05, 3.63) is 41.2 Å². The van der Waals surface area contributed by atoms with Crippen LogP contribution in [0.4, 0.5) is 5.95 Å². The van der Waals surface area contributed by atoms with Crippen LogP contribution in [0.15, 0.2) is 30.5 Å². The molecule has 0 unspecified atom stereocenters. The summed E-state index contributed by atoms with van der Waals surface area (Å²) in [6.45, 7) is 0.816. The fourth-order valence-corrected chi connectivity index (χ4v) is 4.82. The van der Waals surface area contributed by atoms with Crippen molar-refractivity contribution in [2.24, 2.45) is 5.92 Å². The molecule has 1 atom stereocenters. The Labute approximate surface area is 178 Å². The molecule has 4 rings (SSSR count). The number of hydrogen-bond acceptors (Lipinski definition) is 4. The standard InChI is InChI=1S/C23H29ClN4O/c1-27(2)23-25-15-19(17-10-6-11-18(24)14-17)21(26-23)20-12-7-13-28(20)22(29)16-8-4-3-5-9-16/h6,10-11,14-16,20H,3-5,7-9,12-13H2,1-2H3/t20-/m1/s1. The second-order valence-corrected chi connectivity index (χ2v) is 8.83. The average molecular weight is 413 g/mol. The zero-order valence-electron chi connectivity index (χ0n) is 17.3. The van der Waals surface area contributed by atoms with E-state index in [0.29, 0.717) is 16.9 Å². The number of aromatic nitrogens is 2. The molecule has 1 aromatic heterocycles. The van der Waals surface area contributed by atoms with Crippen molar-refractivity contribution >= 4 is 23.5 Å². The van der Waals surface area contributed by atoms with Crippen LogP contribution >= 0.6 is 11.6 Å². The molecule has 0 N–H and O–H groups in total. The third-order valence-corrected chi connectivity index (χ3v) is 6.38. The van der Waals surface area contributed by atoms with Gasteiger partial charge >= 0.3 is 0 Å². The molecular weight excluding hydrogens is 384 g/mol. The Morgan fingerprint density at radius 2 is 1.93 bits per heavy atom. The fourth-order valence-electron chi connectivity index (χ4n) is 4.63. The predicted octanol–water partition coefficient (Wildman–Crippen LogP) is 5.11. The van der Waals surface area contributed by atoms with Crippen molar-refractivity contribution in [1.82, 2.24) is 14.9 Å². The minimum absolute atomic E-state index is 0.000100. The number of halogens is 1. The highest BCUT2D eigenvalue weighted by Crippen LogP contribution is 2.39. The van der Waals surface area contributed by atoms with Crippen molar-refractivity contribution in [3.8, 4) is 11.1 Å². The molecule has 29 heavy (non-hydrogen) atoms. The predicted molar refractivity (Wildman–Crippen MR) is 117 cm³/mol. The normalized spacial score (nSPS) is 20.1. The number of likely N-dealkylation sites (tertiary alicyclic amines) is 1. The van der Waals surface area contributed by atoms with Crippen molar-refractivity contribution in [3.63, 3.8) is 0 Å². The monoisotopic (exact) mass is 412 g/mol. The number of amides is 1. The maximum atomic E-state index is 13.4. The molecule has 2 heterocycles. The van der Waals surface area contributed by atoms with Gasteiger partial charge in [0.1, 0.15) is 0 Å². The van der Waals surface area contributed by atoms with Crippen molar-refractivity contribution in [1.29, 1.82) is 0 Å². The van der Waals surface area contributed by atoms with Crippen LogP contribution in [0.5, 0.6) is 0 Å². The lowest BCUT2D eigenvalue weighted by molar-refractivity contribution is -0.137. The molecule has 2 aromatic rings. The van der Waals surface area contributed by atoms with Crippen LogP contribution < -0.4 is 4.90 Å². The topological polar surface area (TPSA) is 49.3 Å². The van der Waals surface area contributed by atoms with Gasteiger partial charge in [0.25, 0.3) is 0 Å². The summed E-state index contributed by atoms with van der Waals surface area (Å²) in [6, 6.07) is 7.79. The summed E-state index contributed by atoms with van der Waals surface area (Å²) >= 11 is 6.26. The Hall–Kier alpha value is -2.14. The van der Waals surface area contributed by atoms with Crippen LogP contribution in [0.1, 0.15) is 56.7 Å². The summed E-state index contributed by atoms with van der Waals surface area (Å²) in [4.78, 5) is 26.8. The van der Waals surface area contributed by atoms with Gasteiger partial charge in [-0.2, -0.15) is 0 Å². The number of rotatable bonds is 4. The summed E-state index contributed by atoms with van der Waals surface area (Å²) in [5.41, 5.74) is 2.90. The van der Waals surface area contributed by atoms with Crippen LogP contribution in [-0.4, -0.2) is 41.4 Å². The van der Waals surface area contributed by atoms with Gasteiger partial charge in [0.15, 0.2) is 0 Å². The quantitative estimate of drug-likeness (QED) is 0.700. The fraction of sp³-hybridized carbons (Fsp3) is 0.522. The molecule has 1 aromatic carbocycles. The first-order chi connectivity index (χ1) is 14.0. The molecule has 1 aliphatic heterocycles. The van der Waals surface area contributed by atoms with E-state index >= 15 is 0 Å². The molecule has 2 aliphatic rings. The van der Waals surface area contributed by atoms with E-state index in [1.54, 1.807) is 0 Å². The van der Waals surface area contributed by atoms with E-state index in [1.165, 1.54) is 19.3 Å². The van der Waals surface area contributed by atoms with E-state index in [1.807, 2.05) is 49.5 Å². The molecule has 5 nitrogen and oxygen atoms in total. The van der Waals surface area contributed by atoms with Crippen LogP contribution in [0, 0.1) is 5.92 Å². The summed E-state index contributed by atoms with van der Waals surface area (Å²) in [5.74, 6) is 1.16. The zero-order valence-corrected chi connectivity index (χ0v) is 18.0. The lowest BCUT2D eigenvalue weighted by Gasteiger charge is -2.31. The van der Waals surface area contributed by atoms with E-state index < -0.39 is 0 Å². The molecule has 6 heteroatoms. The summed E-state index contributed by atoms with van der Waals surface area (Å²) in [7, 11) is 3.88. The second kappa shape index (κ2) is 8.70. The van der Waals surface area contributed by atoms with E-state index in [9.17, 15) is 4.79 Å². The number of carbonyl (C=O) groups excluding carboxylic acids is 1. The number of nitrogens with zero attached hydrogens (tertiary/aromatic N) is 4. The largest absolute Gasteiger partial charge is 0.347 e. The molecule has 0 bridgehead atoms. The lowest BCUT2D eigenvalue weighted by Crippen LogP contribution is -2.37. The first kappa shape index (κ1) is 20.1. The van der Waals surface area contributed by atoms with Gasteiger partial charge in [-0.05, 0) is 43.4 Å². The van der Waals surface area contributed by atoms with E-state index in [2.05, 4.69) is 9.88 Å². The number of hydrogen-bond donors (Lipinski definition) is 0. The third kappa shape index (κ3) is 4.25. The van der Waals surface area contributed by atoms with Gasteiger partial charge in [0, 0.05) is 43.3 Å². The van der Waals surface area contributed by atoms with Gasteiger partial charge in [-0.3, -0.25) is 4.79 Å². The Bertz CT molecular complexity index is 879. The van der Waals surface area contributed by atoms with Gasteiger partial charge in [-0.15, -0.1) is 0 Å². The lowest BCUT2D eigenvalue weighted by atomic mass is 9.88. The average Bonchev–Trinajstić information content (AvgIpc) is 3.23. The molecular formula is C23H29ClN4O. The van der Waals surface area contributed by atoms with Gasteiger partial charge < -0.3 is 9.80 Å². The van der Waals surface area contributed by atoms with Crippen molar-refractivity contribution < 1.29 is 4.79 Å². The summed E-state index contributed by atoms with van der Waals surface area (Å²) in [5, 5.41) is 0.687. The first-order valence-electron chi connectivity index (χ1n) is 10.7. The van der Waals surface area contributed by atoms with Gasteiger partial charge in [-0.1, -0.05) is 43.0 Å². The minimum atomic E-state index is 0.000100. The maximum absolute atomic E-state index is 13.4. The Morgan fingerprint density at radius 3 is 2.66 bits per heavy atom. The molecule has 1 saturated carbocycles. The molecule has 0 spiro atoms. The Balaban J connectivity index is 1.73. The number of benzene rings is 1. The highest BCUT2D eigenvalue weighted by atomic mass is 35.5. The SMILES string of the molecule is CN(C)c1ncc(-c2cccc(Cl)c2)c([C@H]2CCCN2C(=O)C2CCCCC2)n1. The first-order valence-corrected chi connectivity index (χ1v) is 11.0. The van der Waals surface area contributed by atoms with Crippen molar-refractivity contribution in [2.75, 3.05) is 25.5 Å². The second-order valence-electron chi connectivity index (χ2n) is 8.40. The summed E-state index contributed by atoms with van der Waals surface area (Å²) in [6.07, 6.45) is 9.47. The number of carbonyl (C=O) groups is 1. The van der Waals surface area contributed by atoms with Gasteiger partial charge in [0.05, 0.1) is 11.7 Å². The van der Waals surface area contributed by atoms with Crippen LogP contribution in [0.25, 0.3) is 11.1 Å². The zero-order chi connectivity index (χ0) is 20.4. The highest BCUT2D eigenvalue weighted by Gasteiger charge is 2.36. The molecule has 2 fully saturated rings.